The molecule has 0 unspecified atom stereocenters. The Morgan fingerprint density at radius 1 is 0.969 bits per heavy atom. The number of halogens is 1. The monoisotopic (exact) mass is 491 g/mol. The van der Waals surface area contributed by atoms with Gasteiger partial charge in [0.2, 0.25) is 11.8 Å². The number of amides is 2. The number of carbonyl (C=O) groups excluding carboxylic acids is 2. The number of nitrogens with one attached hydrogen (secondary N) is 1. The molecule has 2 amide bonds. The van der Waals surface area contributed by atoms with Crippen LogP contribution in [-0.4, -0.2) is 62.2 Å². The Labute approximate surface area is 195 Å². The molecule has 0 radical (unpaired) electrons. The maximum absolute atomic E-state index is 12.7. The third-order valence-corrected chi connectivity index (χ3v) is 9.00. The van der Waals surface area contributed by atoms with Crippen LogP contribution in [-0.2, 0) is 26.0 Å². The van der Waals surface area contributed by atoms with E-state index < -0.39 is 10.0 Å². The SMILES string of the molecule is O=C(Cc1cccc2ccccc12)NCC(=O)N1CCN(S(=O)(=O)c2ccc(Cl)s2)CC1. The molecule has 32 heavy (non-hydrogen) atoms. The molecule has 1 N–H and O–H groups in total. The summed E-state index contributed by atoms with van der Waals surface area (Å²) in [5.74, 6) is -0.460. The van der Waals surface area contributed by atoms with Crippen LogP contribution in [0, 0.1) is 0 Å². The number of nitrogens with zero attached hydrogens (tertiary/aromatic N) is 2. The largest absolute Gasteiger partial charge is 0.347 e. The normalized spacial score (nSPS) is 15.1. The lowest BCUT2D eigenvalue weighted by molar-refractivity contribution is -0.133. The molecule has 3 aromatic rings. The van der Waals surface area contributed by atoms with Gasteiger partial charge in [0.25, 0.3) is 10.0 Å². The molecular formula is C22H22ClN3O4S2. The summed E-state index contributed by atoms with van der Waals surface area (Å²) in [6, 6.07) is 16.7. The summed E-state index contributed by atoms with van der Waals surface area (Å²) in [7, 11) is -3.61. The molecule has 0 spiro atoms. The second-order valence-corrected chi connectivity index (χ2v) is 11.3. The molecular weight excluding hydrogens is 470 g/mol. The van der Waals surface area contributed by atoms with Gasteiger partial charge in [0.15, 0.2) is 0 Å². The number of benzene rings is 2. The van der Waals surface area contributed by atoms with E-state index in [9.17, 15) is 18.0 Å². The van der Waals surface area contributed by atoms with Crippen molar-refractivity contribution in [3.63, 3.8) is 0 Å². The van der Waals surface area contributed by atoms with Crippen LogP contribution in [0.2, 0.25) is 4.34 Å². The molecule has 4 rings (SSSR count). The fourth-order valence-electron chi connectivity index (χ4n) is 3.71. The van der Waals surface area contributed by atoms with Crippen molar-refractivity contribution >= 4 is 55.5 Å². The van der Waals surface area contributed by atoms with Crippen molar-refractivity contribution in [1.82, 2.24) is 14.5 Å². The summed E-state index contributed by atoms with van der Waals surface area (Å²) in [5, 5.41) is 4.76. The molecule has 1 saturated heterocycles. The van der Waals surface area contributed by atoms with Crippen LogP contribution >= 0.6 is 22.9 Å². The van der Waals surface area contributed by atoms with E-state index in [1.54, 1.807) is 11.0 Å². The first-order chi connectivity index (χ1) is 15.3. The fraction of sp³-hybridized carbons (Fsp3) is 0.273. The van der Waals surface area contributed by atoms with Crippen LogP contribution in [0.5, 0.6) is 0 Å². The van der Waals surface area contributed by atoms with E-state index in [2.05, 4.69) is 5.32 Å². The van der Waals surface area contributed by atoms with Gasteiger partial charge in [0, 0.05) is 26.2 Å². The van der Waals surface area contributed by atoms with Crippen LogP contribution in [0.25, 0.3) is 10.8 Å². The molecule has 2 heterocycles. The second kappa shape index (κ2) is 9.58. The minimum absolute atomic E-state index is 0.114. The van der Waals surface area contributed by atoms with Gasteiger partial charge in [-0.05, 0) is 28.5 Å². The van der Waals surface area contributed by atoms with Crippen molar-refractivity contribution < 1.29 is 18.0 Å². The molecule has 0 saturated carbocycles. The molecule has 168 valence electrons. The number of carbonyl (C=O) groups is 2. The van der Waals surface area contributed by atoms with Crippen LogP contribution < -0.4 is 5.32 Å². The number of fused-ring (bicyclic) bond motifs is 1. The lowest BCUT2D eigenvalue weighted by Crippen LogP contribution is -2.52. The molecule has 1 aromatic heterocycles. The maximum Gasteiger partial charge on any atom is 0.252 e. The zero-order valence-corrected chi connectivity index (χ0v) is 19.5. The summed E-state index contributed by atoms with van der Waals surface area (Å²) < 4.78 is 27.3. The predicted octanol–water partition coefficient (Wildman–Crippen LogP) is 2.75. The van der Waals surface area contributed by atoms with Gasteiger partial charge >= 0.3 is 0 Å². The Kier molecular flexibility index (Phi) is 6.80. The van der Waals surface area contributed by atoms with Gasteiger partial charge in [0.05, 0.1) is 17.3 Å². The summed E-state index contributed by atoms with van der Waals surface area (Å²) in [6.07, 6.45) is 0.185. The average Bonchev–Trinajstić information content (AvgIpc) is 3.25. The number of thiophene rings is 1. The van der Waals surface area contributed by atoms with Crippen LogP contribution in [0.1, 0.15) is 5.56 Å². The molecule has 10 heteroatoms. The Bertz CT molecular complexity index is 1250. The zero-order valence-electron chi connectivity index (χ0n) is 17.2. The van der Waals surface area contributed by atoms with E-state index in [1.165, 1.54) is 10.4 Å². The van der Waals surface area contributed by atoms with Crippen molar-refractivity contribution in [2.24, 2.45) is 0 Å². The van der Waals surface area contributed by atoms with Crippen LogP contribution in [0.15, 0.2) is 58.8 Å². The molecule has 0 atom stereocenters. The van der Waals surface area contributed by atoms with Gasteiger partial charge < -0.3 is 10.2 Å². The molecule has 1 aliphatic heterocycles. The minimum Gasteiger partial charge on any atom is -0.347 e. The molecule has 2 aromatic carbocycles. The summed E-state index contributed by atoms with van der Waals surface area (Å²) in [5.41, 5.74) is 0.903. The van der Waals surface area contributed by atoms with Gasteiger partial charge in [-0.1, -0.05) is 54.1 Å². The Balaban J connectivity index is 1.28. The number of rotatable bonds is 6. The summed E-state index contributed by atoms with van der Waals surface area (Å²) in [4.78, 5) is 26.5. The highest BCUT2D eigenvalue weighted by atomic mass is 35.5. The third-order valence-electron chi connectivity index (χ3n) is 5.40. The van der Waals surface area contributed by atoms with Crippen LogP contribution in [0.4, 0.5) is 0 Å². The Morgan fingerprint density at radius 3 is 2.41 bits per heavy atom. The minimum atomic E-state index is -3.61. The lowest BCUT2D eigenvalue weighted by atomic mass is 10.0. The van der Waals surface area contributed by atoms with E-state index in [4.69, 9.17) is 11.6 Å². The van der Waals surface area contributed by atoms with Crippen molar-refractivity contribution in [2.75, 3.05) is 32.7 Å². The standard InChI is InChI=1S/C22H22ClN3O4S2/c23-19-8-9-22(31-19)32(29,30)26-12-10-25(11-13-26)21(28)15-24-20(27)14-17-6-3-5-16-4-1-2-7-18(16)17/h1-9H,10-15H2,(H,24,27). The van der Waals surface area contributed by atoms with Crippen molar-refractivity contribution in [3.05, 3.63) is 64.5 Å². The van der Waals surface area contributed by atoms with Crippen molar-refractivity contribution in [1.29, 1.82) is 0 Å². The van der Waals surface area contributed by atoms with Gasteiger partial charge in [-0.2, -0.15) is 4.31 Å². The molecule has 0 bridgehead atoms. The van der Waals surface area contributed by atoms with Gasteiger partial charge in [-0.3, -0.25) is 9.59 Å². The second-order valence-electron chi connectivity index (χ2n) is 7.44. The highest BCUT2D eigenvalue weighted by molar-refractivity contribution is 7.91. The third kappa shape index (κ3) is 4.96. The summed E-state index contributed by atoms with van der Waals surface area (Å²) >= 11 is 6.87. The average molecular weight is 492 g/mol. The van der Waals surface area contributed by atoms with E-state index in [0.29, 0.717) is 4.34 Å². The van der Waals surface area contributed by atoms with E-state index in [0.717, 1.165) is 27.7 Å². The number of hydrogen-bond acceptors (Lipinski definition) is 5. The fourth-order valence-corrected chi connectivity index (χ4v) is 6.77. The van der Waals surface area contributed by atoms with Gasteiger partial charge in [-0.25, -0.2) is 8.42 Å². The first-order valence-corrected chi connectivity index (χ1v) is 12.7. The first kappa shape index (κ1) is 22.7. The van der Waals surface area contributed by atoms with E-state index in [1.807, 2.05) is 42.5 Å². The predicted molar refractivity (Wildman–Crippen MR) is 125 cm³/mol. The van der Waals surface area contributed by atoms with Crippen molar-refractivity contribution in [3.8, 4) is 0 Å². The molecule has 1 fully saturated rings. The van der Waals surface area contributed by atoms with E-state index >= 15 is 0 Å². The van der Waals surface area contributed by atoms with Crippen molar-refractivity contribution in [2.45, 2.75) is 10.6 Å². The molecule has 1 aliphatic rings. The number of hydrogen-bond donors (Lipinski definition) is 1. The van der Waals surface area contributed by atoms with E-state index in [-0.39, 0.29) is 55.2 Å². The van der Waals surface area contributed by atoms with Gasteiger partial charge in [-0.15, -0.1) is 11.3 Å². The maximum atomic E-state index is 12.7. The quantitative estimate of drug-likeness (QED) is 0.574. The molecule has 7 nitrogen and oxygen atoms in total. The number of sulfonamides is 1. The zero-order chi connectivity index (χ0) is 22.7. The topological polar surface area (TPSA) is 86.8 Å². The lowest BCUT2D eigenvalue weighted by Gasteiger charge is -2.33. The molecule has 0 aliphatic carbocycles. The summed E-state index contributed by atoms with van der Waals surface area (Å²) in [6.45, 7) is 0.838. The first-order valence-electron chi connectivity index (χ1n) is 10.1. The van der Waals surface area contributed by atoms with Gasteiger partial charge in [0.1, 0.15) is 4.21 Å². The highest BCUT2D eigenvalue weighted by Crippen LogP contribution is 2.28. The Morgan fingerprint density at radius 2 is 1.69 bits per heavy atom. The van der Waals surface area contributed by atoms with Crippen LogP contribution in [0.3, 0.4) is 0 Å². The Hall–Kier alpha value is -2.46. The number of piperazine rings is 1. The smallest absolute Gasteiger partial charge is 0.252 e. The highest BCUT2D eigenvalue weighted by Gasteiger charge is 2.31.